The van der Waals surface area contributed by atoms with Gasteiger partial charge in [-0.3, -0.25) is 4.79 Å². The summed E-state index contributed by atoms with van der Waals surface area (Å²) in [7, 11) is 0. The zero-order valence-corrected chi connectivity index (χ0v) is 41.5. The minimum Gasteiger partial charge on any atom is -0.394 e. The molecule has 0 saturated heterocycles. The molecule has 0 aliphatic rings. The van der Waals surface area contributed by atoms with Crippen molar-refractivity contribution in [1.29, 1.82) is 0 Å². The number of aliphatic hydroxyl groups excluding tert-OH is 2. The minimum absolute atomic E-state index is 0.0241. The van der Waals surface area contributed by atoms with Crippen LogP contribution in [0, 0.1) is 0 Å². The van der Waals surface area contributed by atoms with Crippen molar-refractivity contribution in [3.63, 3.8) is 0 Å². The molecule has 0 aliphatic heterocycles. The van der Waals surface area contributed by atoms with Crippen molar-refractivity contribution in [1.82, 2.24) is 5.32 Å². The number of carbonyl (C=O) groups excluding carboxylic acids is 1. The molecule has 0 bridgehead atoms. The number of carbonyl (C=O) groups is 1. The first kappa shape index (κ1) is 59.4. The van der Waals surface area contributed by atoms with Gasteiger partial charge in [0.05, 0.1) is 18.8 Å². The SMILES string of the molecule is CCCCCCCCCCCCCCCCCCCCCCCCCCCCCCCCCCCC(O)C(CO)NC(=O)CCCCCCCCCCCCCCCCC. The summed E-state index contributed by atoms with van der Waals surface area (Å²) in [4.78, 5) is 12.4. The summed E-state index contributed by atoms with van der Waals surface area (Å²) < 4.78 is 0. The molecule has 0 radical (unpaired) electrons. The molecule has 0 aliphatic carbocycles. The molecule has 0 saturated carbocycles. The molecule has 60 heavy (non-hydrogen) atoms. The van der Waals surface area contributed by atoms with Gasteiger partial charge in [0.1, 0.15) is 0 Å². The number of amides is 1. The van der Waals surface area contributed by atoms with Crippen LogP contribution in [0.1, 0.15) is 335 Å². The Morgan fingerprint density at radius 1 is 0.333 bits per heavy atom. The number of unbranched alkanes of at least 4 members (excludes halogenated alkanes) is 46. The van der Waals surface area contributed by atoms with Crippen molar-refractivity contribution in [2.24, 2.45) is 0 Å². The van der Waals surface area contributed by atoms with Gasteiger partial charge in [-0.05, 0) is 12.8 Å². The molecule has 2 unspecified atom stereocenters. The van der Waals surface area contributed by atoms with E-state index in [2.05, 4.69) is 19.2 Å². The highest BCUT2D eigenvalue weighted by Crippen LogP contribution is 2.18. The van der Waals surface area contributed by atoms with Gasteiger partial charge in [0.15, 0.2) is 0 Å². The van der Waals surface area contributed by atoms with Crippen LogP contribution in [-0.4, -0.2) is 34.9 Å². The van der Waals surface area contributed by atoms with Crippen LogP contribution in [0.2, 0.25) is 0 Å². The maximum atomic E-state index is 12.4. The van der Waals surface area contributed by atoms with Gasteiger partial charge in [0.25, 0.3) is 0 Å². The molecule has 360 valence electrons. The average Bonchev–Trinajstić information content (AvgIpc) is 3.25. The lowest BCUT2D eigenvalue weighted by Crippen LogP contribution is -2.45. The molecule has 4 nitrogen and oxygen atoms in total. The second-order valence-electron chi connectivity index (χ2n) is 19.7. The van der Waals surface area contributed by atoms with Crippen LogP contribution in [0.5, 0.6) is 0 Å². The van der Waals surface area contributed by atoms with Gasteiger partial charge in [-0.25, -0.2) is 0 Å². The van der Waals surface area contributed by atoms with E-state index in [0.717, 1.165) is 25.7 Å². The third kappa shape index (κ3) is 48.4. The quantitative estimate of drug-likeness (QED) is 0.0534. The van der Waals surface area contributed by atoms with Crippen LogP contribution >= 0.6 is 0 Å². The fourth-order valence-electron chi connectivity index (χ4n) is 9.31. The highest BCUT2D eigenvalue weighted by Gasteiger charge is 2.20. The third-order valence-corrected chi connectivity index (χ3v) is 13.6. The Hall–Kier alpha value is -0.610. The molecule has 4 heteroatoms. The van der Waals surface area contributed by atoms with Crippen LogP contribution < -0.4 is 5.32 Å². The molecule has 1 amide bonds. The first-order valence-electron chi connectivity index (χ1n) is 28.2. The molecule has 2 atom stereocenters. The first-order valence-corrected chi connectivity index (χ1v) is 28.2. The van der Waals surface area contributed by atoms with E-state index < -0.39 is 12.1 Å². The van der Waals surface area contributed by atoms with Crippen LogP contribution in [-0.2, 0) is 4.79 Å². The molecular weight excluding hydrogens is 735 g/mol. The highest BCUT2D eigenvalue weighted by atomic mass is 16.3. The predicted molar refractivity (Wildman–Crippen MR) is 267 cm³/mol. The molecule has 0 heterocycles. The largest absolute Gasteiger partial charge is 0.394 e. The molecule has 0 rings (SSSR count). The Bertz CT molecular complexity index is 788. The summed E-state index contributed by atoms with van der Waals surface area (Å²) in [6, 6.07) is -0.530. The molecule has 0 aromatic carbocycles. The average molecular weight is 849 g/mol. The van der Waals surface area contributed by atoms with E-state index in [1.165, 1.54) is 283 Å². The summed E-state index contributed by atoms with van der Waals surface area (Å²) in [5.41, 5.74) is 0. The number of hydrogen-bond acceptors (Lipinski definition) is 3. The summed E-state index contributed by atoms with van der Waals surface area (Å²) >= 11 is 0. The minimum atomic E-state index is -0.654. The topological polar surface area (TPSA) is 69.6 Å². The van der Waals surface area contributed by atoms with Crippen molar-refractivity contribution in [3.05, 3.63) is 0 Å². The maximum absolute atomic E-state index is 12.4. The second-order valence-corrected chi connectivity index (χ2v) is 19.7. The normalized spacial score (nSPS) is 12.7. The van der Waals surface area contributed by atoms with Gasteiger partial charge >= 0.3 is 0 Å². The van der Waals surface area contributed by atoms with E-state index in [9.17, 15) is 15.0 Å². The lowest BCUT2D eigenvalue weighted by Gasteiger charge is -2.22. The predicted octanol–water partition coefficient (Wildman–Crippen LogP) is 18.4. The molecular formula is C56H113NO3. The monoisotopic (exact) mass is 848 g/mol. The standard InChI is InChI=1S/C56H113NO3/c1-3-5-7-9-11-13-15-17-19-20-21-22-23-24-25-26-27-28-29-30-31-32-33-34-35-36-38-39-41-43-45-47-49-51-55(59)54(53-58)57-56(60)52-50-48-46-44-42-40-37-18-16-14-12-10-8-6-4-2/h54-55,58-59H,3-53H2,1-2H3,(H,57,60). The van der Waals surface area contributed by atoms with E-state index >= 15 is 0 Å². The Balaban J connectivity index is 3.35. The summed E-state index contributed by atoms with van der Waals surface area (Å²) in [5.74, 6) is -0.0241. The Morgan fingerprint density at radius 3 is 0.750 bits per heavy atom. The van der Waals surface area contributed by atoms with E-state index in [1.807, 2.05) is 0 Å². The number of hydrogen-bond donors (Lipinski definition) is 3. The molecule has 0 spiro atoms. The van der Waals surface area contributed by atoms with Gasteiger partial charge in [-0.2, -0.15) is 0 Å². The van der Waals surface area contributed by atoms with Crippen molar-refractivity contribution < 1.29 is 15.0 Å². The van der Waals surface area contributed by atoms with Crippen LogP contribution in [0.15, 0.2) is 0 Å². The number of aliphatic hydroxyl groups is 2. The zero-order chi connectivity index (χ0) is 43.5. The highest BCUT2D eigenvalue weighted by molar-refractivity contribution is 5.76. The van der Waals surface area contributed by atoms with E-state index in [0.29, 0.717) is 12.8 Å². The van der Waals surface area contributed by atoms with E-state index in [4.69, 9.17) is 0 Å². The van der Waals surface area contributed by atoms with Gasteiger partial charge in [-0.1, -0.05) is 316 Å². The van der Waals surface area contributed by atoms with Crippen molar-refractivity contribution >= 4 is 5.91 Å². The smallest absolute Gasteiger partial charge is 0.220 e. The van der Waals surface area contributed by atoms with Gasteiger partial charge in [-0.15, -0.1) is 0 Å². The first-order chi connectivity index (χ1) is 29.7. The number of nitrogens with one attached hydrogen (secondary N) is 1. The van der Waals surface area contributed by atoms with Gasteiger partial charge in [0, 0.05) is 6.42 Å². The fourth-order valence-corrected chi connectivity index (χ4v) is 9.31. The zero-order valence-electron chi connectivity index (χ0n) is 41.5. The van der Waals surface area contributed by atoms with Crippen molar-refractivity contribution in [3.8, 4) is 0 Å². The fraction of sp³-hybridized carbons (Fsp3) is 0.982. The number of rotatable bonds is 53. The molecule has 0 aromatic rings. The van der Waals surface area contributed by atoms with Crippen molar-refractivity contribution in [2.45, 2.75) is 347 Å². The molecule has 0 fully saturated rings. The van der Waals surface area contributed by atoms with Crippen LogP contribution in [0.3, 0.4) is 0 Å². The maximum Gasteiger partial charge on any atom is 0.220 e. The lowest BCUT2D eigenvalue weighted by molar-refractivity contribution is -0.123. The summed E-state index contributed by atoms with van der Waals surface area (Å²) in [6.45, 7) is 4.40. The summed E-state index contributed by atoms with van der Waals surface area (Å²) in [6.07, 6.45) is 66.7. The van der Waals surface area contributed by atoms with Crippen molar-refractivity contribution in [2.75, 3.05) is 6.61 Å². The van der Waals surface area contributed by atoms with E-state index in [-0.39, 0.29) is 12.5 Å². The van der Waals surface area contributed by atoms with E-state index in [1.54, 1.807) is 0 Å². The molecule has 3 N–H and O–H groups in total. The summed E-state index contributed by atoms with van der Waals surface area (Å²) in [5, 5.41) is 23.3. The third-order valence-electron chi connectivity index (χ3n) is 13.6. The Labute approximate surface area is 378 Å². The van der Waals surface area contributed by atoms with Gasteiger partial charge in [0.2, 0.25) is 5.91 Å². The Morgan fingerprint density at radius 2 is 0.533 bits per heavy atom. The lowest BCUT2D eigenvalue weighted by atomic mass is 10.0. The molecule has 0 aromatic heterocycles. The van der Waals surface area contributed by atoms with Crippen LogP contribution in [0.4, 0.5) is 0 Å². The van der Waals surface area contributed by atoms with Gasteiger partial charge < -0.3 is 15.5 Å². The van der Waals surface area contributed by atoms with Crippen LogP contribution in [0.25, 0.3) is 0 Å². The Kier molecular flexibility index (Phi) is 52.2. The second kappa shape index (κ2) is 52.7.